The SMILES string of the molecule is CC1C(=O)NCCN1C(=O)C1CCCC1N. The molecule has 5 heteroatoms. The van der Waals surface area contributed by atoms with Crippen LogP contribution in [-0.2, 0) is 9.59 Å². The van der Waals surface area contributed by atoms with Crippen molar-refractivity contribution in [3.63, 3.8) is 0 Å². The summed E-state index contributed by atoms with van der Waals surface area (Å²) in [6.07, 6.45) is 2.81. The van der Waals surface area contributed by atoms with E-state index in [1.54, 1.807) is 11.8 Å². The Balaban J connectivity index is 2.05. The third kappa shape index (κ3) is 1.91. The highest BCUT2D eigenvalue weighted by molar-refractivity contribution is 5.89. The zero-order valence-electron chi connectivity index (χ0n) is 9.61. The molecule has 90 valence electrons. The third-order valence-electron chi connectivity index (χ3n) is 3.67. The Labute approximate surface area is 95.3 Å². The van der Waals surface area contributed by atoms with Gasteiger partial charge in [-0.3, -0.25) is 9.59 Å². The number of carbonyl (C=O) groups is 2. The van der Waals surface area contributed by atoms with Crippen LogP contribution >= 0.6 is 0 Å². The van der Waals surface area contributed by atoms with Gasteiger partial charge in [0.25, 0.3) is 0 Å². The van der Waals surface area contributed by atoms with Gasteiger partial charge in [0.2, 0.25) is 11.8 Å². The lowest BCUT2D eigenvalue weighted by atomic mass is 10.0. The summed E-state index contributed by atoms with van der Waals surface area (Å²) in [5.41, 5.74) is 5.92. The number of hydrogen-bond acceptors (Lipinski definition) is 3. The number of hydrogen-bond donors (Lipinski definition) is 2. The van der Waals surface area contributed by atoms with Crippen molar-refractivity contribution in [2.45, 2.75) is 38.3 Å². The first kappa shape index (κ1) is 11.4. The van der Waals surface area contributed by atoms with Crippen LogP contribution in [0.4, 0.5) is 0 Å². The van der Waals surface area contributed by atoms with Crippen LogP contribution in [-0.4, -0.2) is 41.9 Å². The molecule has 0 bridgehead atoms. The highest BCUT2D eigenvalue weighted by Gasteiger charge is 2.37. The summed E-state index contributed by atoms with van der Waals surface area (Å²) < 4.78 is 0. The van der Waals surface area contributed by atoms with Crippen LogP contribution in [0.2, 0.25) is 0 Å². The van der Waals surface area contributed by atoms with Crippen molar-refractivity contribution in [2.24, 2.45) is 11.7 Å². The second kappa shape index (κ2) is 4.41. The third-order valence-corrected chi connectivity index (χ3v) is 3.67. The van der Waals surface area contributed by atoms with Gasteiger partial charge in [-0.1, -0.05) is 6.42 Å². The molecular weight excluding hydrogens is 206 g/mol. The number of amides is 2. The Bertz CT molecular complexity index is 306. The van der Waals surface area contributed by atoms with E-state index in [0.717, 1.165) is 19.3 Å². The largest absolute Gasteiger partial charge is 0.353 e. The van der Waals surface area contributed by atoms with Gasteiger partial charge in [-0.15, -0.1) is 0 Å². The van der Waals surface area contributed by atoms with Gasteiger partial charge in [-0.25, -0.2) is 0 Å². The van der Waals surface area contributed by atoms with Gasteiger partial charge >= 0.3 is 0 Å². The number of rotatable bonds is 1. The molecule has 2 aliphatic rings. The first-order valence-electron chi connectivity index (χ1n) is 5.95. The fourth-order valence-corrected chi connectivity index (χ4v) is 2.59. The molecule has 0 aromatic carbocycles. The van der Waals surface area contributed by atoms with Crippen LogP contribution in [0.1, 0.15) is 26.2 Å². The monoisotopic (exact) mass is 225 g/mol. The molecule has 1 aliphatic carbocycles. The highest BCUT2D eigenvalue weighted by atomic mass is 16.2. The lowest BCUT2D eigenvalue weighted by Crippen LogP contribution is -2.58. The molecule has 3 unspecified atom stereocenters. The number of carbonyl (C=O) groups excluding carboxylic acids is 2. The fraction of sp³-hybridized carbons (Fsp3) is 0.818. The van der Waals surface area contributed by atoms with E-state index in [4.69, 9.17) is 5.73 Å². The van der Waals surface area contributed by atoms with E-state index in [1.807, 2.05) is 0 Å². The second-order valence-electron chi connectivity index (χ2n) is 4.70. The van der Waals surface area contributed by atoms with E-state index in [2.05, 4.69) is 5.32 Å². The van der Waals surface area contributed by atoms with Crippen molar-refractivity contribution in [2.75, 3.05) is 13.1 Å². The molecule has 0 spiro atoms. The molecule has 3 atom stereocenters. The summed E-state index contributed by atoms with van der Waals surface area (Å²) in [7, 11) is 0. The first-order chi connectivity index (χ1) is 7.61. The summed E-state index contributed by atoms with van der Waals surface area (Å²) in [5, 5.41) is 2.75. The molecule has 1 aliphatic heterocycles. The number of nitrogens with one attached hydrogen (secondary N) is 1. The van der Waals surface area contributed by atoms with Crippen LogP contribution in [0.5, 0.6) is 0 Å². The molecule has 0 aromatic rings. The Morgan fingerprint density at radius 3 is 2.88 bits per heavy atom. The average Bonchev–Trinajstić information content (AvgIpc) is 2.68. The summed E-state index contributed by atoms with van der Waals surface area (Å²) >= 11 is 0. The Morgan fingerprint density at radius 1 is 1.50 bits per heavy atom. The zero-order chi connectivity index (χ0) is 11.7. The summed E-state index contributed by atoms with van der Waals surface area (Å²) in [6.45, 7) is 2.93. The van der Waals surface area contributed by atoms with Crippen molar-refractivity contribution in [1.29, 1.82) is 0 Å². The van der Waals surface area contributed by atoms with Gasteiger partial charge in [0, 0.05) is 19.1 Å². The van der Waals surface area contributed by atoms with Gasteiger partial charge in [0.05, 0.1) is 5.92 Å². The molecule has 0 aromatic heterocycles. The van der Waals surface area contributed by atoms with E-state index in [0.29, 0.717) is 13.1 Å². The normalized spacial score (nSPS) is 35.0. The molecule has 2 rings (SSSR count). The highest BCUT2D eigenvalue weighted by Crippen LogP contribution is 2.26. The molecule has 0 radical (unpaired) electrons. The lowest BCUT2D eigenvalue weighted by molar-refractivity contribution is -0.145. The minimum Gasteiger partial charge on any atom is -0.353 e. The summed E-state index contributed by atoms with van der Waals surface area (Å²) in [5.74, 6) is -0.0770. The fourth-order valence-electron chi connectivity index (χ4n) is 2.59. The van der Waals surface area contributed by atoms with Crippen molar-refractivity contribution in [1.82, 2.24) is 10.2 Å². The van der Waals surface area contributed by atoms with Crippen LogP contribution in [0.25, 0.3) is 0 Å². The van der Waals surface area contributed by atoms with Crippen molar-refractivity contribution >= 4 is 11.8 Å². The summed E-state index contributed by atoms with van der Waals surface area (Å²) in [6, 6.07) is -0.376. The van der Waals surface area contributed by atoms with Gasteiger partial charge in [0.1, 0.15) is 6.04 Å². The molecule has 1 saturated heterocycles. The predicted octanol–water partition coefficient (Wildman–Crippen LogP) is -0.539. The maximum atomic E-state index is 12.2. The predicted molar refractivity (Wildman–Crippen MR) is 59.5 cm³/mol. The molecular formula is C11H19N3O2. The van der Waals surface area contributed by atoms with Gasteiger partial charge < -0.3 is 16.0 Å². The maximum absolute atomic E-state index is 12.2. The standard InChI is InChI=1S/C11H19N3O2/c1-7-10(15)13-5-6-14(7)11(16)8-3-2-4-9(8)12/h7-9H,2-6,12H2,1H3,(H,13,15). The van der Waals surface area contributed by atoms with Gasteiger partial charge in [-0.2, -0.15) is 0 Å². The topological polar surface area (TPSA) is 75.4 Å². The van der Waals surface area contributed by atoms with E-state index in [9.17, 15) is 9.59 Å². The van der Waals surface area contributed by atoms with E-state index >= 15 is 0 Å². The van der Waals surface area contributed by atoms with Crippen LogP contribution in [0.3, 0.4) is 0 Å². The van der Waals surface area contributed by atoms with Crippen molar-refractivity contribution in [3.05, 3.63) is 0 Å². The molecule has 1 heterocycles. The number of nitrogens with two attached hydrogens (primary N) is 1. The lowest BCUT2D eigenvalue weighted by Gasteiger charge is -2.35. The Hall–Kier alpha value is -1.10. The molecule has 2 fully saturated rings. The number of piperazine rings is 1. The Morgan fingerprint density at radius 2 is 2.25 bits per heavy atom. The smallest absolute Gasteiger partial charge is 0.242 e. The van der Waals surface area contributed by atoms with Crippen molar-refractivity contribution in [3.8, 4) is 0 Å². The molecule has 1 saturated carbocycles. The summed E-state index contributed by atoms with van der Waals surface area (Å²) in [4.78, 5) is 25.4. The van der Waals surface area contributed by atoms with E-state index < -0.39 is 0 Å². The van der Waals surface area contributed by atoms with Gasteiger partial charge in [-0.05, 0) is 19.8 Å². The quantitative estimate of drug-likeness (QED) is 0.629. The van der Waals surface area contributed by atoms with Gasteiger partial charge in [0.15, 0.2) is 0 Å². The van der Waals surface area contributed by atoms with Crippen LogP contribution in [0.15, 0.2) is 0 Å². The maximum Gasteiger partial charge on any atom is 0.242 e. The average molecular weight is 225 g/mol. The van der Waals surface area contributed by atoms with Crippen LogP contribution in [0, 0.1) is 5.92 Å². The molecule has 2 amide bonds. The minimum absolute atomic E-state index is 0.0234. The van der Waals surface area contributed by atoms with Crippen molar-refractivity contribution < 1.29 is 9.59 Å². The minimum atomic E-state index is -0.353. The molecule has 3 N–H and O–H groups in total. The first-order valence-corrected chi connectivity index (χ1v) is 5.95. The molecule has 16 heavy (non-hydrogen) atoms. The zero-order valence-corrected chi connectivity index (χ0v) is 9.61. The Kier molecular flexibility index (Phi) is 3.14. The van der Waals surface area contributed by atoms with E-state index in [1.165, 1.54) is 0 Å². The van der Waals surface area contributed by atoms with Crippen LogP contribution < -0.4 is 11.1 Å². The van der Waals surface area contributed by atoms with E-state index in [-0.39, 0.29) is 29.8 Å². The number of nitrogens with zero attached hydrogens (tertiary/aromatic N) is 1. The molecule has 5 nitrogen and oxygen atoms in total. The second-order valence-corrected chi connectivity index (χ2v) is 4.70.